The molecule has 0 radical (unpaired) electrons. The van der Waals surface area contributed by atoms with Crippen LogP contribution in [0.4, 0.5) is 0 Å². The van der Waals surface area contributed by atoms with Crippen molar-refractivity contribution in [3.63, 3.8) is 0 Å². The van der Waals surface area contributed by atoms with Gasteiger partial charge in [0.1, 0.15) is 42.3 Å². The maximum atomic E-state index is 13.9. The highest BCUT2D eigenvalue weighted by molar-refractivity contribution is 7.98. The monoisotopic (exact) mass is 902 g/mol. The van der Waals surface area contributed by atoms with Crippen LogP contribution in [0.2, 0.25) is 0 Å². The van der Waals surface area contributed by atoms with Gasteiger partial charge in [-0.15, -0.1) is 0 Å². The van der Waals surface area contributed by atoms with E-state index >= 15 is 0 Å². The lowest BCUT2D eigenvalue weighted by Crippen LogP contribution is -2.61. The van der Waals surface area contributed by atoms with Crippen molar-refractivity contribution in [2.75, 3.05) is 18.6 Å². The van der Waals surface area contributed by atoms with Crippen molar-refractivity contribution in [1.82, 2.24) is 36.8 Å². The maximum absolute atomic E-state index is 13.9. The minimum absolute atomic E-state index is 0.000492. The van der Waals surface area contributed by atoms with E-state index in [9.17, 15) is 68.1 Å². The summed E-state index contributed by atoms with van der Waals surface area (Å²) in [4.78, 5) is 141. The third-order valence-electron chi connectivity index (χ3n) is 9.61. The lowest BCUT2D eigenvalue weighted by molar-refractivity contribution is -0.147. The number of hydrogen-bond acceptors (Lipinski definition) is 13. The second kappa shape index (κ2) is 26.7. The summed E-state index contributed by atoms with van der Waals surface area (Å²) >= 11 is 1.31. The molecule has 0 saturated carbocycles. The fourth-order valence-electron chi connectivity index (χ4n) is 6.36. The van der Waals surface area contributed by atoms with Crippen molar-refractivity contribution >= 4 is 77.0 Å². The predicted octanol–water partition coefficient (Wildman–Crippen LogP) is -2.02. The molecule has 0 aliphatic carbocycles. The Hall–Kier alpha value is -5.52. The molecule has 0 aromatic carbocycles. The van der Waals surface area contributed by atoms with E-state index in [4.69, 9.17) is 10.8 Å². The Balaban J connectivity index is 3.36. The van der Waals surface area contributed by atoms with Crippen molar-refractivity contribution in [3.8, 4) is 0 Å². The summed E-state index contributed by atoms with van der Waals surface area (Å²) in [5.41, 5.74) is 5.73. The molecule has 0 bridgehead atoms. The van der Waals surface area contributed by atoms with Crippen LogP contribution in [-0.2, 0) is 52.7 Å². The molecule has 1 rings (SSSR count). The van der Waals surface area contributed by atoms with Gasteiger partial charge in [0.25, 0.3) is 0 Å². The zero-order valence-corrected chi connectivity index (χ0v) is 36.6. The molecule has 0 aromatic heterocycles. The predicted molar refractivity (Wildman–Crippen MR) is 221 cm³/mol. The molecule has 1 fully saturated rings. The van der Waals surface area contributed by atoms with Crippen molar-refractivity contribution in [2.45, 2.75) is 141 Å². The normalized spacial score (nSPS) is 17.0. The first kappa shape index (κ1) is 54.5. The number of nitrogens with two attached hydrogens (primary N) is 1. The minimum Gasteiger partial charge on any atom is -0.481 e. The quantitative estimate of drug-likeness (QED) is 0.0404. The Morgan fingerprint density at radius 2 is 1.10 bits per heavy atom. The first-order valence-corrected chi connectivity index (χ1v) is 21.5. The number of nitrogens with one attached hydrogen (secondary N) is 6. The van der Waals surface area contributed by atoms with E-state index < -0.39 is 152 Å². The molecule has 1 saturated heterocycles. The number of likely N-dealkylation sites (tertiary alicyclic amines) is 1. The highest BCUT2D eigenvalue weighted by atomic mass is 32.2. The van der Waals surface area contributed by atoms with Gasteiger partial charge in [-0.3, -0.25) is 47.9 Å². The summed E-state index contributed by atoms with van der Waals surface area (Å²) in [6, 6.07) is -11.0. The number of rotatable bonds is 28. The summed E-state index contributed by atoms with van der Waals surface area (Å²) in [6.45, 7) is 8.24. The maximum Gasteiger partial charge on any atom is 0.326 e. The first-order chi connectivity index (χ1) is 28.9. The van der Waals surface area contributed by atoms with E-state index in [1.807, 2.05) is 0 Å². The number of carbonyl (C=O) groups is 11. The topological polar surface area (TPSA) is 370 Å². The molecule has 0 unspecified atom stereocenters. The van der Waals surface area contributed by atoms with Crippen LogP contribution in [0.5, 0.6) is 0 Å². The number of hydrogen-bond donors (Lipinski definition) is 11. The molecule has 24 heteroatoms. The van der Waals surface area contributed by atoms with Crippen LogP contribution in [0, 0.1) is 11.8 Å². The first-order valence-electron chi connectivity index (χ1n) is 20.1. The van der Waals surface area contributed by atoms with Crippen molar-refractivity contribution in [1.29, 1.82) is 0 Å². The molecule has 7 amide bonds. The van der Waals surface area contributed by atoms with Gasteiger partial charge >= 0.3 is 23.9 Å². The minimum atomic E-state index is -1.80. The Morgan fingerprint density at radius 1 is 0.629 bits per heavy atom. The summed E-state index contributed by atoms with van der Waals surface area (Å²) in [7, 11) is 0. The van der Waals surface area contributed by atoms with Crippen LogP contribution in [0.3, 0.4) is 0 Å². The van der Waals surface area contributed by atoms with E-state index in [1.54, 1.807) is 34.0 Å². The summed E-state index contributed by atoms with van der Waals surface area (Å²) in [5.74, 6) is -12.4. The zero-order valence-electron chi connectivity index (χ0n) is 35.8. The summed E-state index contributed by atoms with van der Waals surface area (Å²) < 4.78 is 0. The van der Waals surface area contributed by atoms with Gasteiger partial charge in [-0.05, 0) is 69.3 Å². The standard InChI is InChI=1S/C38H62N8O15S/c1-18(2)16-24(34(56)45-30(19(3)4)36(58)42-23(13-15-62-6)33(55)44-25(38(60)61)17-29(51)52)43-32(54)21(9-11-27(47)48)40-31(53)22(10-12-28(49)50)41-35(57)26-8-7-14-46(26)37(59)20(5)39/h18-26,30H,7-17,39H2,1-6H3,(H,40,53)(H,41,57)(H,42,58)(H,43,54)(H,44,55)(H,45,56)(H,47,48)(H,49,50)(H,51,52)(H,60,61)/t20-,21-,22-,23-,24-,25-,26-,30-/m0/s1. The van der Waals surface area contributed by atoms with E-state index in [-0.39, 0.29) is 31.7 Å². The second-order valence-corrected chi connectivity index (χ2v) is 16.7. The number of carboxylic acids is 4. The molecular weight excluding hydrogens is 841 g/mol. The van der Waals surface area contributed by atoms with Gasteiger partial charge in [0.05, 0.1) is 12.5 Å². The molecule has 1 aliphatic heterocycles. The average Bonchev–Trinajstić information content (AvgIpc) is 3.67. The van der Waals surface area contributed by atoms with E-state index in [0.29, 0.717) is 12.2 Å². The molecule has 0 spiro atoms. The van der Waals surface area contributed by atoms with Gasteiger partial charge in [0, 0.05) is 19.4 Å². The lowest BCUT2D eigenvalue weighted by atomic mass is 9.99. The molecule has 8 atom stereocenters. The van der Waals surface area contributed by atoms with E-state index in [1.165, 1.54) is 23.6 Å². The van der Waals surface area contributed by atoms with Gasteiger partial charge in [-0.25, -0.2) is 4.79 Å². The Morgan fingerprint density at radius 3 is 1.55 bits per heavy atom. The van der Waals surface area contributed by atoms with Crippen LogP contribution >= 0.6 is 11.8 Å². The van der Waals surface area contributed by atoms with Crippen LogP contribution in [0.1, 0.15) is 92.4 Å². The van der Waals surface area contributed by atoms with Crippen molar-refractivity contribution < 1.29 is 73.2 Å². The summed E-state index contributed by atoms with van der Waals surface area (Å²) in [6.07, 6.45) is -0.768. The van der Waals surface area contributed by atoms with Gasteiger partial charge in [0.2, 0.25) is 41.4 Å². The van der Waals surface area contributed by atoms with Gasteiger partial charge in [-0.1, -0.05) is 27.7 Å². The van der Waals surface area contributed by atoms with Gasteiger partial charge < -0.3 is 63.0 Å². The number of amides is 7. The number of carbonyl (C=O) groups excluding carboxylic acids is 7. The molecule has 1 heterocycles. The Bertz CT molecular complexity index is 1640. The largest absolute Gasteiger partial charge is 0.481 e. The molecule has 0 aromatic rings. The summed E-state index contributed by atoms with van der Waals surface area (Å²) in [5, 5.41) is 51.8. The number of aliphatic carboxylic acids is 4. The molecule has 23 nitrogen and oxygen atoms in total. The van der Waals surface area contributed by atoms with E-state index in [2.05, 4.69) is 31.9 Å². The van der Waals surface area contributed by atoms with Gasteiger partial charge in [0.15, 0.2) is 0 Å². The molecule has 62 heavy (non-hydrogen) atoms. The van der Waals surface area contributed by atoms with Crippen LogP contribution in [-0.4, -0.2) is 157 Å². The highest BCUT2D eigenvalue weighted by Gasteiger charge is 2.38. The van der Waals surface area contributed by atoms with Crippen LogP contribution in [0.25, 0.3) is 0 Å². The zero-order chi connectivity index (χ0) is 47.4. The third kappa shape index (κ3) is 19.0. The third-order valence-corrected chi connectivity index (χ3v) is 10.3. The SMILES string of the molecule is CSCC[C@H](NC(=O)[C@@H](NC(=O)[C@H](CC(C)C)NC(=O)[C@H](CCC(=O)O)NC(=O)[C@H](CCC(=O)O)NC(=O)[C@@H]1CCCN1C(=O)[C@H](C)N)C(C)C)C(=O)N[C@@H](CC(=O)O)C(=O)O. The average molecular weight is 903 g/mol. The molecule has 12 N–H and O–H groups in total. The lowest BCUT2D eigenvalue weighted by Gasteiger charge is -2.29. The molecular formula is C38H62N8O15S. The van der Waals surface area contributed by atoms with Gasteiger partial charge in [-0.2, -0.15) is 11.8 Å². The van der Waals surface area contributed by atoms with Crippen molar-refractivity contribution in [3.05, 3.63) is 0 Å². The van der Waals surface area contributed by atoms with Crippen LogP contribution < -0.4 is 37.6 Å². The van der Waals surface area contributed by atoms with Crippen molar-refractivity contribution in [2.24, 2.45) is 17.6 Å². The smallest absolute Gasteiger partial charge is 0.326 e. The number of nitrogens with zero attached hydrogens (tertiary/aromatic N) is 1. The van der Waals surface area contributed by atoms with Crippen LogP contribution in [0.15, 0.2) is 0 Å². The molecule has 1 aliphatic rings. The Kier molecular flexibility index (Phi) is 23.5. The second-order valence-electron chi connectivity index (χ2n) is 15.7. The van der Waals surface area contributed by atoms with E-state index in [0.717, 1.165) is 0 Å². The Labute approximate surface area is 363 Å². The fourth-order valence-corrected chi connectivity index (χ4v) is 6.83. The fraction of sp³-hybridized carbons (Fsp3) is 0.711. The number of carboxylic acid groups (broad SMARTS) is 4. The number of thioether (sulfide) groups is 1. The molecule has 350 valence electrons. The highest BCUT2D eigenvalue weighted by Crippen LogP contribution is 2.19.